The first-order valence-electron chi connectivity index (χ1n) is 5.55. The van der Waals surface area contributed by atoms with Gasteiger partial charge < -0.3 is 4.74 Å². The molecule has 1 aliphatic heterocycles. The van der Waals surface area contributed by atoms with Crippen molar-refractivity contribution >= 4 is 21.6 Å². The normalized spacial score (nSPS) is 18.9. The van der Waals surface area contributed by atoms with E-state index in [4.69, 9.17) is 4.74 Å². The van der Waals surface area contributed by atoms with Gasteiger partial charge in [0.15, 0.2) is 0 Å². The summed E-state index contributed by atoms with van der Waals surface area (Å²) in [4.78, 5) is 10.8. The summed E-state index contributed by atoms with van der Waals surface area (Å²) in [7, 11) is 0. The average molecular weight is 300 g/mol. The van der Waals surface area contributed by atoms with Crippen LogP contribution in [0.2, 0.25) is 0 Å². The van der Waals surface area contributed by atoms with Gasteiger partial charge in [-0.3, -0.25) is 10.1 Å². The Hall–Kier alpha value is -0.940. The minimum absolute atomic E-state index is 0.151. The average Bonchev–Trinajstić information content (AvgIpc) is 2.29. The molecule has 0 aliphatic carbocycles. The van der Waals surface area contributed by atoms with Gasteiger partial charge in [0.25, 0.3) is 5.69 Å². The van der Waals surface area contributed by atoms with Crippen LogP contribution in [0.3, 0.4) is 0 Å². The first kappa shape index (κ1) is 12.5. The monoisotopic (exact) mass is 299 g/mol. The molecule has 4 nitrogen and oxygen atoms in total. The second-order valence-corrected chi connectivity index (χ2v) is 5.51. The van der Waals surface area contributed by atoms with E-state index in [1.165, 1.54) is 0 Å². The second-order valence-electron chi connectivity index (χ2n) is 4.59. The molecule has 1 aromatic carbocycles. The van der Waals surface area contributed by atoms with E-state index in [1.807, 2.05) is 12.1 Å². The molecule has 1 aromatic rings. The predicted octanol–water partition coefficient (Wildman–Crippen LogP) is 3.43. The smallest absolute Gasteiger partial charge is 0.274 e. The lowest BCUT2D eigenvalue weighted by Gasteiger charge is -2.33. The van der Waals surface area contributed by atoms with Crippen molar-refractivity contribution in [3.8, 4) is 0 Å². The predicted molar refractivity (Wildman–Crippen MR) is 68.2 cm³/mol. The van der Waals surface area contributed by atoms with Gasteiger partial charge in [-0.1, -0.05) is 28.9 Å². The van der Waals surface area contributed by atoms with Crippen LogP contribution >= 0.6 is 15.9 Å². The number of hydrogen-bond acceptors (Lipinski definition) is 3. The maximum atomic E-state index is 11.1. The van der Waals surface area contributed by atoms with Crippen molar-refractivity contribution in [2.45, 2.75) is 25.2 Å². The maximum absolute atomic E-state index is 11.1. The minimum atomic E-state index is -0.305. The van der Waals surface area contributed by atoms with E-state index >= 15 is 0 Å². The van der Waals surface area contributed by atoms with Crippen molar-refractivity contribution in [1.29, 1.82) is 0 Å². The van der Waals surface area contributed by atoms with E-state index in [9.17, 15) is 10.1 Å². The van der Waals surface area contributed by atoms with E-state index in [1.54, 1.807) is 6.07 Å². The molecule has 1 aliphatic rings. The van der Waals surface area contributed by atoms with Crippen molar-refractivity contribution in [2.24, 2.45) is 0 Å². The molecule has 2 rings (SSSR count). The van der Waals surface area contributed by atoms with Crippen LogP contribution in [0.1, 0.15) is 25.3 Å². The third kappa shape index (κ3) is 2.50. The molecule has 0 bridgehead atoms. The van der Waals surface area contributed by atoms with Crippen LogP contribution < -0.4 is 0 Å². The summed E-state index contributed by atoms with van der Waals surface area (Å²) in [6.07, 6.45) is 1.66. The fourth-order valence-electron chi connectivity index (χ4n) is 2.26. The Morgan fingerprint density at radius 1 is 1.41 bits per heavy atom. The molecule has 0 N–H and O–H groups in total. The van der Waals surface area contributed by atoms with Gasteiger partial charge in [0, 0.05) is 34.7 Å². The molecule has 5 heteroatoms. The summed E-state index contributed by atoms with van der Waals surface area (Å²) in [5.41, 5.74) is 0.860. The van der Waals surface area contributed by atoms with Gasteiger partial charge in [-0.25, -0.2) is 0 Å². The zero-order chi connectivity index (χ0) is 12.5. The molecular formula is C12H14BrNO3. The zero-order valence-electron chi connectivity index (χ0n) is 9.61. The summed E-state index contributed by atoms with van der Waals surface area (Å²) < 4.78 is 6.07. The Kier molecular flexibility index (Phi) is 3.49. The summed E-state index contributed by atoms with van der Waals surface area (Å²) in [5.74, 6) is 0. The third-order valence-corrected chi connectivity index (χ3v) is 3.90. The number of nitro benzene ring substituents is 1. The third-order valence-electron chi connectivity index (χ3n) is 3.40. The minimum Gasteiger partial charge on any atom is -0.381 e. The second kappa shape index (κ2) is 4.74. The van der Waals surface area contributed by atoms with Gasteiger partial charge in [-0.15, -0.1) is 0 Å². The highest BCUT2D eigenvalue weighted by molar-refractivity contribution is 9.10. The van der Waals surface area contributed by atoms with Crippen LogP contribution in [0.15, 0.2) is 22.7 Å². The molecule has 0 amide bonds. The quantitative estimate of drug-likeness (QED) is 0.621. The summed E-state index contributed by atoms with van der Waals surface area (Å²) in [6, 6.07) is 5.30. The number of hydrogen-bond donors (Lipinski definition) is 0. The molecule has 1 fully saturated rings. The lowest BCUT2D eigenvalue weighted by molar-refractivity contribution is -0.386. The molecule has 0 saturated carbocycles. The van der Waals surface area contributed by atoms with E-state index in [2.05, 4.69) is 22.9 Å². The van der Waals surface area contributed by atoms with Gasteiger partial charge >= 0.3 is 0 Å². The van der Waals surface area contributed by atoms with Crippen molar-refractivity contribution in [1.82, 2.24) is 0 Å². The highest BCUT2D eigenvalue weighted by atomic mass is 79.9. The first-order chi connectivity index (χ1) is 8.03. The Morgan fingerprint density at radius 2 is 2.06 bits per heavy atom. The molecule has 0 unspecified atom stereocenters. The number of rotatable bonds is 2. The molecule has 0 atom stereocenters. The molecule has 1 saturated heterocycles. The van der Waals surface area contributed by atoms with E-state index in [0.29, 0.717) is 13.2 Å². The Labute approximate surface area is 108 Å². The zero-order valence-corrected chi connectivity index (χ0v) is 11.2. The number of ether oxygens (including phenoxy) is 1. The van der Waals surface area contributed by atoms with E-state index < -0.39 is 0 Å². The Balaban J connectivity index is 2.46. The first-order valence-corrected chi connectivity index (χ1v) is 6.34. The number of nitrogens with zero attached hydrogens (tertiary/aromatic N) is 1. The summed E-state index contributed by atoms with van der Waals surface area (Å²) in [5, 5.41) is 11.1. The van der Waals surface area contributed by atoms with Crippen molar-refractivity contribution in [3.05, 3.63) is 38.3 Å². The number of halogens is 1. The lowest BCUT2D eigenvalue weighted by Crippen LogP contribution is -2.31. The fraction of sp³-hybridized carbons (Fsp3) is 0.500. The van der Waals surface area contributed by atoms with Crippen LogP contribution in [0.5, 0.6) is 0 Å². The van der Waals surface area contributed by atoms with Crippen LogP contribution in [0.4, 0.5) is 5.69 Å². The number of benzene rings is 1. The van der Waals surface area contributed by atoms with Gasteiger partial charge in [-0.05, 0) is 18.9 Å². The van der Waals surface area contributed by atoms with Crippen molar-refractivity contribution < 1.29 is 9.66 Å². The molecule has 92 valence electrons. The van der Waals surface area contributed by atoms with Gasteiger partial charge in [0.1, 0.15) is 0 Å². The topological polar surface area (TPSA) is 52.4 Å². The highest BCUT2D eigenvalue weighted by Gasteiger charge is 2.34. The summed E-state index contributed by atoms with van der Waals surface area (Å²) in [6.45, 7) is 3.42. The molecule has 17 heavy (non-hydrogen) atoms. The summed E-state index contributed by atoms with van der Waals surface area (Å²) >= 11 is 3.28. The lowest BCUT2D eigenvalue weighted by atomic mass is 9.75. The Morgan fingerprint density at radius 3 is 2.65 bits per heavy atom. The molecular weight excluding hydrogens is 286 g/mol. The van der Waals surface area contributed by atoms with Gasteiger partial charge in [0.05, 0.1) is 4.92 Å². The fourth-order valence-corrected chi connectivity index (χ4v) is 2.61. The van der Waals surface area contributed by atoms with E-state index in [-0.39, 0.29) is 16.0 Å². The van der Waals surface area contributed by atoms with Gasteiger partial charge in [-0.2, -0.15) is 0 Å². The molecule has 1 heterocycles. The van der Waals surface area contributed by atoms with Crippen LogP contribution in [-0.4, -0.2) is 18.1 Å². The van der Waals surface area contributed by atoms with Crippen LogP contribution in [-0.2, 0) is 10.2 Å². The molecule has 0 spiro atoms. The maximum Gasteiger partial charge on any atom is 0.274 e. The van der Waals surface area contributed by atoms with Crippen LogP contribution in [0, 0.1) is 10.1 Å². The Bertz CT molecular complexity index is 441. The van der Waals surface area contributed by atoms with Crippen molar-refractivity contribution in [3.63, 3.8) is 0 Å². The number of nitro groups is 1. The van der Waals surface area contributed by atoms with Crippen molar-refractivity contribution in [2.75, 3.05) is 13.2 Å². The highest BCUT2D eigenvalue weighted by Crippen LogP contribution is 2.40. The molecule has 0 aromatic heterocycles. The van der Waals surface area contributed by atoms with Crippen LogP contribution in [0.25, 0.3) is 0 Å². The SMILES string of the molecule is CC1(c2ccc(Br)cc2[N+](=O)[O-])CCOCC1. The standard InChI is InChI=1S/C12H14BrNO3/c1-12(4-6-17-7-5-12)10-3-2-9(13)8-11(10)14(15)16/h2-3,8H,4-7H2,1H3. The van der Waals surface area contributed by atoms with Gasteiger partial charge in [0.2, 0.25) is 0 Å². The molecule has 0 radical (unpaired) electrons. The largest absolute Gasteiger partial charge is 0.381 e. The van der Waals surface area contributed by atoms with E-state index in [0.717, 1.165) is 22.9 Å².